The van der Waals surface area contributed by atoms with Crippen LogP contribution in [-0.4, -0.2) is 9.55 Å². The van der Waals surface area contributed by atoms with E-state index in [0.717, 1.165) is 17.7 Å². The predicted octanol–water partition coefficient (Wildman–Crippen LogP) is 3.65. The van der Waals surface area contributed by atoms with Gasteiger partial charge in [0.05, 0.1) is 22.3 Å². The normalized spacial score (nSPS) is 12.0. The molecule has 3 nitrogen and oxygen atoms in total. The van der Waals surface area contributed by atoms with Crippen molar-refractivity contribution in [2.24, 2.45) is 0 Å². The standard InChI is InChI=1S/C15H11F3N2O/c1-9-4-2-7-12-13(9)19-14(21)20(12)11-6-3-5-10(8-11)15(16,17)18/h2-8H,1H3,(H,19,21). The molecule has 0 aliphatic carbocycles. The van der Waals surface area contributed by atoms with Crippen molar-refractivity contribution in [2.75, 3.05) is 0 Å². The third kappa shape index (κ3) is 2.22. The van der Waals surface area contributed by atoms with Crippen LogP contribution in [0.3, 0.4) is 0 Å². The maximum atomic E-state index is 12.8. The Balaban J connectivity index is 2.29. The monoisotopic (exact) mass is 292 g/mol. The Morgan fingerprint density at radius 1 is 1.10 bits per heavy atom. The SMILES string of the molecule is Cc1cccc2c1[nH]c(=O)n2-c1cccc(C(F)(F)F)c1. The van der Waals surface area contributed by atoms with Crippen LogP contribution in [0.25, 0.3) is 16.7 Å². The Morgan fingerprint density at radius 2 is 1.81 bits per heavy atom. The summed E-state index contributed by atoms with van der Waals surface area (Å²) in [5, 5.41) is 0. The van der Waals surface area contributed by atoms with Crippen LogP contribution in [0.2, 0.25) is 0 Å². The molecular formula is C15H11F3N2O. The molecule has 0 unspecified atom stereocenters. The number of alkyl halides is 3. The molecule has 3 aromatic rings. The molecule has 0 bridgehead atoms. The van der Waals surface area contributed by atoms with Gasteiger partial charge in [-0.25, -0.2) is 4.79 Å². The fourth-order valence-corrected chi connectivity index (χ4v) is 2.35. The van der Waals surface area contributed by atoms with E-state index in [1.807, 2.05) is 13.0 Å². The zero-order valence-corrected chi connectivity index (χ0v) is 11.0. The van der Waals surface area contributed by atoms with Crippen molar-refractivity contribution in [1.82, 2.24) is 9.55 Å². The van der Waals surface area contributed by atoms with E-state index >= 15 is 0 Å². The number of nitrogens with one attached hydrogen (secondary N) is 1. The largest absolute Gasteiger partial charge is 0.416 e. The summed E-state index contributed by atoms with van der Waals surface area (Å²) in [6.07, 6.45) is -4.44. The maximum absolute atomic E-state index is 12.8. The summed E-state index contributed by atoms with van der Waals surface area (Å²) in [7, 11) is 0. The van der Waals surface area contributed by atoms with Crippen LogP contribution in [0.15, 0.2) is 47.3 Å². The van der Waals surface area contributed by atoms with Gasteiger partial charge < -0.3 is 4.98 Å². The lowest BCUT2D eigenvalue weighted by Gasteiger charge is -2.09. The third-order valence-electron chi connectivity index (χ3n) is 3.36. The van der Waals surface area contributed by atoms with Crippen molar-refractivity contribution in [3.05, 3.63) is 64.1 Å². The molecule has 0 amide bonds. The van der Waals surface area contributed by atoms with Gasteiger partial charge >= 0.3 is 11.9 Å². The molecule has 1 N–H and O–H groups in total. The molecule has 6 heteroatoms. The Kier molecular flexibility index (Phi) is 2.90. The molecular weight excluding hydrogens is 281 g/mol. The lowest BCUT2D eigenvalue weighted by molar-refractivity contribution is -0.137. The quantitative estimate of drug-likeness (QED) is 0.730. The van der Waals surface area contributed by atoms with E-state index in [-0.39, 0.29) is 5.69 Å². The molecule has 0 atom stereocenters. The highest BCUT2D eigenvalue weighted by Crippen LogP contribution is 2.30. The number of para-hydroxylation sites is 1. The third-order valence-corrected chi connectivity index (χ3v) is 3.36. The number of benzene rings is 2. The van der Waals surface area contributed by atoms with Gasteiger partial charge in [-0.05, 0) is 36.8 Å². The molecule has 2 aromatic carbocycles. The van der Waals surface area contributed by atoms with Gasteiger partial charge in [0, 0.05) is 0 Å². The second-order valence-electron chi connectivity index (χ2n) is 4.78. The van der Waals surface area contributed by atoms with Crippen LogP contribution in [0.4, 0.5) is 13.2 Å². The lowest BCUT2D eigenvalue weighted by atomic mass is 10.1. The van der Waals surface area contributed by atoms with Gasteiger partial charge in [-0.2, -0.15) is 13.2 Å². The van der Waals surface area contributed by atoms with Gasteiger partial charge in [-0.3, -0.25) is 4.57 Å². The average Bonchev–Trinajstić information content (AvgIpc) is 2.76. The Bertz CT molecular complexity index is 874. The minimum absolute atomic E-state index is 0.187. The minimum atomic E-state index is -4.44. The summed E-state index contributed by atoms with van der Waals surface area (Å²) in [5.41, 5.74) is 0.980. The maximum Gasteiger partial charge on any atom is 0.416 e. The van der Waals surface area contributed by atoms with Crippen molar-refractivity contribution in [2.45, 2.75) is 13.1 Å². The summed E-state index contributed by atoms with van der Waals surface area (Å²) < 4.78 is 39.6. The zero-order chi connectivity index (χ0) is 15.2. The van der Waals surface area contributed by atoms with Gasteiger partial charge in [0.25, 0.3) is 0 Å². The summed E-state index contributed by atoms with van der Waals surface area (Å²) in [4.78, 5) is 14.8. The van der Waals surface area contributed by atoms with E-state index in [1.165, 1.54) is 16.7 Å². The van der Waals surface area contributed by atoms with Crippen LogP contribution in [-0.2, 0) is 6.18 Å². The number of fused-ring (bicyclic) bond motifs is 1. The van der Waals surface area contributed by atoms with E-state index in [0.29, 0.717) is 11.0 Å². The molecule has 0 saturated heterocycles. The van der Waals surface area contributed by atoms with Crippen LogP contribution in [0, 0.1) is 6.92 Å². The van der Waals surface area contributed by atoms with Crippen molar-refractivity contribution in [1.29, 1.82) is 0 Å². The average molecular weight is 292 g/mol. The number of aromatic amines is 1. The van der Waals surface area contributed by atoms with Crippen molar-refractivity contribution >= 4 is 11.0 Å². The summed E-state index contributed by atoms with van der Waals surface area (Å²) >= 11 is 0. The van der Waals surface area contributed by atoms with E-state index < -0.39 is 17.4 Å². The van der Waals surface area contributed by atoms with Crippen LogP contribution in [0.1, 0.15) is 11.1 Å². The van der Waals surface area contributed by atoms with Crippen molar-refractivity contribution in [3.8, 4) is 5.69 Å². The van der Waals surface area contributed by atoms with Gasteiger partial charge in [0.2, 0.25) is 0 Å². The summed E-state index contributed by atoms with van der Waals surface area (Å²) in [6, 6.07) is 10.0. The minimum Gasteiger partial charge on any atom is -0.305 e. The van der Waals surface area contributed by atoms with E-state index in [2.05, 4.69) is 4.98 Å². The number of aryl methyl sites for hydroxylation is 1. The molecule has 108 valence electrons. The van der Waals surface area contributed by atoms with E-state index in [1.54, 1.807) is 12.1 Å². The van der Waals surface area contributed by atoms with Gasteiger partial charge in [-0.15, -0.1) is 0 Å². The first kappa shape index (κ1) is 13.5. The highest BCUT2D eigenvalue weighted by Gasteiger charge is 2.30. The number of H-pyrrole nitrogens is 1. The number of hydrogen-bond donors (Lipinski definition) is 1. The smallest absolute Gasteiger partial charge is 0.305 e. The molecule has 3 rings (SSSR count). The summed E-state index contributed by atoms with van der Waals surface area (Å²) in [5.74, 6) is 0. The highest BCUT2D eigenvalue weighted by atomic mass is 19.4. The molecule has 0 spiro atoms. The molecule has 1 aromatic heterocycles. The predicted molar refractivity (Wildman–Crippen MR) is 73.6 cm³/mol. The van der Waals surface area contributed by atoms with Crippen LogP contribution >= 0.6 is 0 Å². The second-order valence-corrected chi connectivity index (χ2v) is 4.78. The van der Waals surface area contributed by atoms with Crippen molar-refractivity contribution in [3.63, 3.8) is 0 Å². The van der Waals surface area contributed by atoms with E-state index in [9.17, 15) is 18.0 Å². The van der Waals surface area contributed by atoms with Gasteiger partial charge in [-0.1, -0.05) is 18.2 Å². The molecule has 21 heavy (non-hydrogen) atoms. The first-order valence-corrected chi connectivity index (χ1v) is 6.26. The van der Waals surface area contributed by atoms with Crippen molar-refractivity contribution < 1.29 is 13.2 Å². The number of aromatic nitrogens is 2. The molecule has 0 saturated carbocycles. The summed E-state index contributed by atoms with van der Waals surface area (Å²) in [6.45, 7) is 1.83. The Labute approximate surface area is 117 Å². The molecule has 0 aliphatic rings. The first-order valence-electron chi connectivity index (χ1n) is 6.26. The van der Waals surface area contributed by atoms with Crippen LogP contribution in [0.5, 0.6) is 0 Å². The second kappa shape index (κ2) is 4.51. The zero-order valence-electron chi connectivity index (χ0n) is 11.0. The molecule has 1 heterocycles. The number of hydrogen-bond acceptors (Lipinski definition) is 1. The molecule has 0 fully saturated rings. The number of rotatable bonds is 1. The van der Waals surface area contributed by atoms with Crippen LogP contribution < -0.4 is 5.69 Å². The number of halogens is 3. The topological polar surface area (TPSA) is 37.8 Å². The number of nitrogens with zero attached hydrogens (tertiary/aromatic N) is 1. The first-order chi connectivity index (χ1) is 9.88. The lowest BCUT2D eigenvalue weighted by Crippen LogP contribution is -2.15. The fraction of sp³-hybridized carbons (Fsp3) is 0.133. The molecule has 0 radical (unpaired) electrons. The highest BCUT2D eigenvalue weighted by molar-refractivity contribution is 5.80. The van der Waals surface area contributed by atoms with Gasteiger partial charge in [0.1, 0.15) is 0 Å². The number of imidazole rings is 1. The Morgan fingerprint density at radius 3 is 2.52 bits per heavy atom. The molecule has 0 aliphatic heterocycles. The van der Waals surface area contributed by atoms with Gasteiger partial charge in [0.15, 0.2) is 0 Å². The van der Waals surface area contributed by atoms with E-state index in [4.69, 9.17) is 0 Å². The fourth-order valence-electron chi connectivity index (χ4n) is 2.35. The Hall–Kier alpha value is -2.50.